The van der Waals surface area contributed by atoms with Gasteiger partial charge in [0.25, 0.3) is 0 Å². The minimum absolute atomic E-state index is 0.370. The van der Waals surface area contributed by atoms with E-state index >= 15 is 0 Å². The first kappa shape index (κ1) is 12.0. The highest BCUT2D eigenvalue weighted by Crippen LogP contribution is 2.23. The summed E-state index contributed by atoms with van der Waals surface area (Å²) >= 11 is 5.72. The van der Waals surface area contributed by atoms with Gasteiger partial charge in [0.1, 0.15) is 11.6 Å². The molecule has 0 fully saturated rings. The van der Waals surface area contributed by atoms with Gasteiger partial charge >= 0.3 is 0 Å². The highest BCUT2D eigenvalue weighted by molar-refractivity contribution is 6.30. The molecule has 1 N–H and O–H groups in total. The smallest absolute Gasteiger partial charge is 0.149 e. The zero-order chi connectivity index (χ0) is 12.3. The third-order valence-electron chi connectivity index (χ3n) is 2.41. The molecule has 5 heteroatoms. The highest BCUT2D eigenvalue weighted by Gasteiger charge is 2.18. The number of rotatable bonds is 3. The van der Waals surface area contributed by atoms with Gasteiger partial charge in [-0.15, -0.1) is 0 Å². The summed E-state index contributed by atoms with van der Waals surface area (Å²) in [5.41, 5.74) is 0.475. The Morgan fingerprint density at radius 3 is 2.59 bits per heavy atom. The van der Waals surface area contributed by atoms with Crippen molar-refractivity contribution in [2.45, 2.75) is 6.04 Å². The van der Waals surface area contributed by atoms with Crippen molar-refractivity contribution < 1.29 is 4.39 Å². The molecule has 0 saturated heterocycles. The lowest BCUT2D eigenvalue weighted by Gasteiger charge is -2.15. The van der Waals surface area contributed by atoms with Gasteiger partial charge in [-0.1, -0.05) is 17.7 Å². The highest BCUT2D eigenvalue weighted by atomic mass is 35.5. The van der Waals surface area contributed by atoms with Crippen LogP contribution in [-0.2, 0) is 0 Å². The molecular weight excluding hydrogens is 241 g/mol. The molecule has 88 valence electrons. The number of halogens is 2. The molecule has 0 aliphatic heterocycles. The Labute approximate surface area is 104 Å². The Bertz CT molecular complexity index is 504. The van der Waals surface area contributed by atoms with Crippen LogP contribution in [0.5, 0.6) is 0 Å². The summed E-state index contributed by atoms with van der Waals surface area (Å²) in [6.45, 7) is 0. The molecule has 0 aliphatic carbocycles. The fourth-order valence-electron chi connectivity index (χ4n) is 1.62. The molecule has 0 bridgehead atoms. The lowest BCUT2D eigenvalue weighted by Crippen LogP contribution is -2.21. The number of nitrogens with zero attached hydrogens (tertiary/aromatic N) is 2. The van der Waals surface area contributed by atoms with Crippen molar-refractivity contribution in [1.82, 2.24) is 15.3 Å². The Balaban J connectivity index is 2.42. The van der Waals surface area contributed by atoms with Crippen LogP contribution in [0.3, 0.4) is 0 Å². The molecule has 0 aliphatic rings. The quantitative estimate of drug-likeness (QED) is 0.911. The Hall–Kier alpha value is -1.52. The summed E-state index contributed by atoms with van der Waals surface area (Å²) in [6, 6.07) is 5.90. The van der Waals surface area contributed by atoms with Gasteiger partial charge in [-0.2, -0.15) is 0 Å². The molecule has 2 rings (SSSR count). The molecule has 1 heterocycles. The lowest BCUT2D eigenvalue weighted by atomic mass is 10.1. The molecule has 0 radical (unpaired) electrons. The van der Waals surface area contributed by atoms with E-state index in [1.165, 1.54) is 6.07 Å². The molecule has 0 amide bonds. The van der Waals surface area contributed by atoms with Gasteiger partial charge < -0.3 is 5.32 Å². The SMILES string of the molecule is CNC(c1ncccn1)c1ccc(Cl)cc1F. The van der Waals surface area contributed by atoms with Crippen LogP contribution in [0.1, 0.15) is 17.4 Å². The van der Waals surface area contributed by atoms with E-state index in [1.54, 1.807) is 37.6 Å². The van der Waals surface area contributed by atoms with Gasteiger partial charge in [0.15, 0.2) is 0 Å². The fourth-order valence-corrected chi connectivity index (χ4v) is 1.78. The number of benzene rings is 1. The first-order valence-corrected chi connectivity index (χ1v) is 5.49. The van der Waals surface area contributed by atoms with Crippen LogP contribution in [0.2, 0.25) is 5.02 Å². The number of nitrogens with one attached hydrogen (secondary N) is 1. The van der Waals surface area contributed by atoms with E-state index in [-0.39, 0.29) is 11.9 Å². The molecule has 17 heavy (non-hydrogen) atoms. The molecule has 1 aromatic heterocycles. The van der Waals surface area contributed by atoms with Crippen LogP contribution in [0.25, 0.3) is 0 Å². The van der Waals surface area contributed by atoms with Crippen LogP contribution in [-0.4, -0.2) is 17.0 Å². The summed E-state index contributed by atoms with van der Waals surface area (Å²) in [5.74, 6) is 0.153. The number of hydrogen-bond donors (Lipinski definition) is 1. The van der Waals surface area contributed by atoms with E-state index in [4.69, 9.17) is 11.6 Å². The predicted molar refractivity (Wildman–Crippen MR) is 64.3 cm³/mol. The van der Waals surface area contributed by atoms with Crippen LogP contribution in [0, 0.1) is 5.82 Å². The average Bonchev–Trinajstić information content (AvgIpc) is 2.34. The first-order valence-electron chi connectivity index (χ1n) is 5.11. The second kappa shape index (κ2) is 5.21. The Morgan fingerprint density at radius 2 is 2.00 bits per heavy atom. The monoisotopic (exact) mass is 251 g/mol. The minimum Gasteiger partial charge on any atom is -0.307 e. The van der Waals surface area contributed by atoms with Crippen molar-refractivity contribution in [3.63, 3.8) is 0 Å². The van der Waals surface area contributed by atoms with Gasteiger partial charge in [0.05, 0.1) is 6.04 Å². The standard InChI is InChI=1S/C12H11ClFN3/c1-15-11(12-16-5-2-6-17-12)9-4-3-8(13)7-10(9)14/h2-7,11,15H,1H3. The topological polar surface area (TPSA) is 37.8 Å². The fraction of sp³-hybridized carbons (Fsp3) is 0.167. The molecule has 2 aromatic rings. The number of hydrogen-bond acceptors (Lipinski definition) is 3. The first-order chi connectivity index (χ1) is 8.22. The summed E-state index contributed by atoms with van der Waals surface area (Å²) < 4.78 is 13.8. The van der Waals surface area contributed by atoms with E-state index in [1.807, 2.05) is 0 Å². The van der Waals surface area contributed by atoms with Crippen LogP contribution >= 0.6 is 11.6 Å². The van der Waals surface area contributed by atoms with Gasteiger partial charge in [-0.25, -0.2) is 14.4 Å². The molecule has 1 unspecified atom stereocenters. The second-order valence-electron chi connectivity index (χ2n) is 3.49. The maximum absolute atomic E-state index is 13.8. The number of aromatic nitrogens is 2. The van der Waals surface area contributed by atoms with Gasteiger partial charge in [0.2, 0.25) is 0 Å². The van der Waals surface area contributed by atoms with Crippen LogP contribution in [0.15, 0.2) is 36.7 Å². The van der Waals surface area contributed by atoms with Crippen LogP contribution in [0.4, 0.5) is 4.39 Å². The Kier molecular flexibility index (Phi) is 3.66. The van der Waals surface area contributed by atoms with Gasteiger partial charge in [-0.3, -0.25) is 0 Å². The maximum Gasteiger partial charge on any atom is 0.149 e. The zero-order valence-corrected chi connectivity index (χ0v) is 9.95. The summed E-state index contributed by atoms with van der Waals surface area (Å²) in [7, 11) is 1.73. The van der Waals surface area contributed by atoms with Crippen molar-refractivity contribution in [2.75, 3.05) is 7.05 Å². The van der Waals surface area contributed by atoms with Crippen molar-refractivity contribution in [1.29, 1.82) is 0 Å². The molecule has 0 saturated carbocycles. The van der Waals surface area contributed by atoms with E-state index < -0.39 is 0 Å². The van der Waals surface area contributed by atoms with Gasteiger partial charge in [-0.05, 0) is 25.2 Å². The third kappa shape index (κ3) is 2.60. The second-order valence-corrected chi connectivity index (χ2v) is 3.93. The van der Waals surface area contributed by atoms with Crippen LogP contribution < -0.4 is 5.32 Å². The summed E-state index contributed by atoms with van der Waals surface area (Å²) in [5, 5.41) is 3.36. The summed E-state index contributed by atoms with van der Waals surface area (Å²) in [6.07, 6.45) is 3.25. The minimum atomic E-state index is -0.381. The largest absolute Gasteiger partial charge is 0.307 e. The maximum atomic E-state index is 13.8. The van der Waals surface area contributed by atoms with E-state index in [9.17, 15) is 4.39 Å². The zero-order valence-electron chi connectivity index (χ0n) is 9.19. The van der Waals surface area contributed by atoms with E-state index in [2.05, 4.69) is 15.3 Å². The van der Waals surface area contributed by atoms with Crippen molar-refractivity contribution >= 4 is 11.6 Å². The van der Waals surface area contributed by atoms with Crippen molar-refractivity contribution in [2.24, 2.45) is 0 Å². The van der Waals surface area contributed by atoms with Gasteiger partial charge in [0, 0.05) is 23.0 Å². The van der Waals surface area contributed by atoms with E-state index in [0.29, 0.717) is 16.4 Å². The van der Waals surface area contributed by atoms with Crippen molar-refractivity contribution in [3.05, 3.63) is 58.9 Å². The molecule has 1 atom stereocenters. The molecular formula is C12H11ClFN3. The molecule has 1 aromatic carbocycles. The predicted octanol–water partition coefficient (Wildman–Crippen LogP) is 2.58. The summed E-state index contributed by atoms with van der Waals surface area (Å²) in [4.78, 5) is 8.23. The Morgan fingerprint density at radius 1 is 1.29 bits per heavy atom. The average molecular weight is 252 g/mol. The van der Waals surface area contributed by atoms with E-state index in [0.717, 1.165) is 0 Å². The van der Waals surface area contributed by atoms with Crippen molar-refractivity contribution in [3.8, 4) is 0 Å². The molecule has 0 spiro atoms. The lowest BCUT2D eigenvalue weighted by molar-refractivity contribution is 0.563. The normalized spacial score (nSPS) is 12.4. The third-order valence-corrected chi connectivity index (χ3v) is 2.64. The molecule has 3 nitrogen and oxygen atoms in total.